The van der Waals surface area contributed by atoms with E-state index < -0.39 is 12.2 Å². The fraction of sp³-hybridized carbons (Fsp3) is 0.346. The van der Waals surface area contributed by atoms with E-state index in [1.165, 1.54) is 12.0 Å². The molecule has 2 amide bonds. The summed E-state index contributed by atoms with van der Waals surface area (Å²) in [6, 6.07) is 7.08. The summed E-state index contributed by atoms with van der Waals surface area (Å²) in [5.74, 6) is 0.700. The number of pyridine rings is 1. The second-order valence-corrected chi connectivity index (χ2v) is 9.56. The molecule has 200 valence electrons. The first-order valence-corrected chi connectivity index (χ1v) is 12.5. The smallest absolute Gasteiger partial charge is 0.407 e. The van der Waals surface area contributed by atoms with Crippen LogP contribution in [0.15, 0.2) is 36.7 Å². The van der Waals surface area contributed by atoms with E-state index in [1.807, 2.05) is 13.0 Å². The van der Waals surface area contributed by atoms with E-state index in [0.29, 0.717) is 64.3 Å². The molecule has 0 saturated carbocycles. The zero-order valence-electron chi connectivity index (χ0n) is 20.9. The second kappa shape index (κ2) is 10.8. The van der Waals surface area contributed by atoms with Crippen molar-refractivity contribution in [3.8, 4) is 22.8 Å². The van der Waals surface area contributed by atoms with Crippen LogP contribution in [0.5, 0.6) is 11.5 Å². The van der Waals surface area contributed by atoms with Gasteiger partial charge < -0.3 is 39.8 Å². The number of anilines is 2. The maximum Gasteiger partial charge on any atom is 0.407 e. The molecule has 0 aliphatic carbocycles. The first-order valence-electron chi connectivity index (χ1n) is 12.2. The molecule has 2 aliphatic heterocycles. The van der Waals surface area contributed by atoms with E-state index in [4.69, 9.17) is 25.8 Å². The van der Waals surface area contributed by atoms with E-state index in [1.54, 1.807) is 30.6 Å². The summed E-state index contributed by atoms with van der Waals surface area (Å²) in [7, 11) is 1.53. The highest BCUT2D eigenvalue weighted by molar-refractivity contribution is 6.32. The third kappa shape index (κ3) is 5.07. The average Bonchev–Trinajstić information content (AvgIpc) is 3.26. The Kier molecular flexibility index (Phi) is 7.30. The number of benzene rings is 1. The molecule has 0 bridgehead atoms. The number of aromatic nitrogens is 2. The number of H-pyrrole nitrogens is 1. The number of morpholine rings is 1. The lowest BCUT2D eigenvalue weighted by atomic mass is 10.0. The van der Waals surface area contributed by atoms with Gasteiger partial charge in [0, 0.05) is 36.5 Å². The molecule has 12 heteroatoms. The second-order valence-electron chi connectivity index (χ2n) is 9.16. The molecule has 4 heterocycles. The van der Waals surface area contributed by atoms with Gasteiger partial charge in [0.05, 0.1) is 54.1 Å². The van der Waals surface area contributed by atoms with E-state index in [0.717, 1.165) is 5.69 Å². The van der Waals surface area contributed by atoms with Gasteiger partial charge in [-0.3, -0.25) is 9.78 Å². The monoisotopic (exact) mass is 541 g/mol. The predicted octanol–water partition coefficient (Wildman–Crippen LogP) is 3.91. The molecule has 0 unspecified atom stereocenters. The number of hydrogen-bond acceptors (Lipinski definition) is 7. The van der Waals surface area contributed by atoms with Gasteiger partial charge in [0.25, 0.3) is 5.91 Å². The van der Waals surface area contributed by atoms with Crippen molar-refractivity contribution in [2.45, 2.75) is 25.5 Å². The molecule has 4 N–H and O–H groups in total. The van der Waals surface area contributed by atoms with E-state index >= 15 is 0 Å². The van der Waals surface area contributed by atoms with Gasteiger partial charge in [-0.15, -0.1) is 0 Å². The molecule has 11 nitrogen and oxygen atoms in total. The summed E-state index contributed by atoms with van der Waals surface area (Å²) >= 11 is 6.36. The minimum Gasteiger partial charge on any atom is -0.493 e. The fourth-order valence-electron chi connectivity index (χ4n) is 4.76. The first-order chi connectivity index (χ1) is 18.4. The lowest BCUT2D eigenvalue weighted by Crippen LogP contribution is -2.47. The number of rotatable bonds is 7. The number of carbonyl (C=O) groups excluding carboxylic acids is 1. The van der Waals surface area contributed by atoms with Crippen LogP contribution in [0.4, 0.5) is 16.2 Å². The number of amides is 2. The predicted molar refractivity (Wildman–Crippen MR) is 141 cm³/mol. The summed E-state index contributed by atoms with van der Waals surface area (Å²) < 4.78 is 17.3. The van der Waals surface area contributed by atoms with Gasteiger partial charge in [-0.05, 0) is 25.1 Å². The molecule has 5 rings (SSSR count). The number of hydrogen-bond donors (Lipinski definition) is 4. The third-order valence-electron chi connectivity index (χ3n) is 6.51. The Labute approximate surface area is 224 Å². The van der Waals surface area contributed by atoms with Crippen LogP contribution in [-0.4, -0.2) is 77.5 Å². The summed E-state index contributed by atoms with van der Waals surface area (Å²) in [5.41, 5.74) is 3.73. The molecule has 0 spiro atoms. The standard InChI is InChI=1S/C26H28ClN5O6/c1-14-10-19-21(25(33)29-14)23(30-18-5-3-4-17(27)24(18)36-2)22(31-19)16-6-7-28-11-20(16)38-13-15-12-32(26(34)35)8-9-37-15/h3-7,11,14-15,30-31H,8-10,12-13H2,1-2H3,(H,29,33)(H,34,35)/t14-,15+/m1/s1. The Bertz CT molecular complexity index is 1360. The molecule has 3 aromatic rings. The Morgan fingerprint density at radius 1 is 1.37 bits per heavy atom. The molecule has 2 aliphatic rings. The van der Waals surface area contributed by atoms with Crippen molar-refractivity contribution in [3.05, 3.63) is 52.9 Å². The van der Waals surface area contributed by atoms with Gasteiger partial charge in [0.15, 0.2) is 5.75 Å². The van der Waals surface area contributed by atoms with Crippen molar-refractivity contribution in [2.75, 3.05) is 38.7 Å². The molecular formula is C26H28ClN5O6. The SMILES string of the molecule is COc1c(Cl)cccc1Nc1c(-c2ccncc2OC[C@@H]2CN(C(=O)O)CCO2)[nH]c2c1C(=O)N[C@H](C)C2. The van der Waals surface area contributed by atoms with Crippen molar-refractivity contribution in [3.63, 3.8) is 0 Å². The molecule has 1 saturated heterocycles. The summed E-state index contributed by atoms with van der Waals surface area (Å²) in [6.45, 7) is 2.90. The number of fused-ring (bicyclic) bond motifs is 1. The van der Waals surface area contributed by atoms with Gasteiger partial charge >= 0.3 is 6.09 Å². The fourth-order valence-corrected chi connectivity index (χ4v) is 5.01. The van der Waals surface area contributed by atoms with Crippen molar-refractivity contribution < 1.29 is 28.9 Å². The van der Waals surface area contributed by atoms with Gasteiger partial charge in [-0.25, -0.2) is 4.79 Å². The lowest BCUT2D eigenvalue weighted by molar-refractivity contribution is -0.0411. The van der Waals surface area contributed by atoms with Crippen LogP contribution in [0.2, 0.25) is 5.02 Å². The van der Waals surface area contributed by atoms with Crippen LogP contribution in [0.25, 0.3) is 11.3 Å². The van der Waals surface area contributed by atoms with E-state index in [9.17, 15) is 14.7 Å². The number of para-hydroxylation sites is 1. The average molecular weight is 542 g/mol. The maximum atomic E-state index is 13.1. The zero-order chi connectivity index (χ0) is 26.8. The molecule has 1 fully saturated rings. The molecular weight excluding hydrogens is 514 g/mol. The van der Waals surface area contributed by atoms with Gasteiger partial charge in [-0.2, -0.15) is 0 Å². The molecule has 38 heavy (non-hydrogen) atoms. The number of aromatic amines is 1. The maximum absolute atomic E-state index is 13.1. The Morgan fingerprint density at radius 2 is 2.21 bits per heavy atom. The molecule has 2 aromatic heterocycles. The number of ether oxygens (including phenoxy) is 3. The number of carbonyl (C=O) groups is 2. The molecule has 2 atom stereocenters. The van der Waals surface area contributed by atoms with Crippen molar-refractivity contribution in [1.82, 2.24) is 20.2 Å². The number of nitrogens with one attached hydrogen (secondary N) is 3. The van der Waals surface area contributed by atoms with Gasteiger partial charge in [-0.1, -0.05) is 17.7 Å². The summed E-state index contributed by atoms with van der Waals surface area (Å²) in [4.78, 5) is 33.5. The Morgan fingerprint density at radius 3 is 3.00 bits per heavy atom. The normalized spacial score (nSPS) is 18.9. The van der Waals surface area contributed by atoms with Gasteiger partial charge in [0.2, 0.25) is 0 Å². The first kappa shape index (κ1) is 25.7. The van der Waals surface area contributed by atoms with Crippen LogP contribution in [0.3, 0.4) is 0 Å². The number of halogens is 1. The molecule has 0 radical (unpaired) electrons. The highest BCUT2D eigenvalue weighted by Crippen LogP contribution is 2.43. The highest BCUT2D eigenvalue weighted by Gasteiger charge is 2.31. The zero-order valence-corrected chi connectivity index (χ0v) is 21.7. The Balaban J connectivity index is 1.52. The van der Waals surface area contributed by atoms with Gasteiger partial charge in [0.1, 0.15) is 18.5 Å². The van der Waals surface area contributed by atoms with Crippen LogP contribution < -0.4 is 20.1 Å². The van der Waals surface area contributed by atoms with Crippen LogP contribution in [-0.2, 0) is 11.2 Å². The van der Waals surface area contributed by atoms with Crippen LogP contribution in [0.1, 0.15) is 23.0 Å². The van der Waals surface area contributed by atoms with Crippen LogP contribution in [0, 0.1) is 0 Å². The minimum absolute atomic E-state index is 0.0381. The number of methoxy groups -OCH3 is 1. The summed E-state index contributed by atoms with van der Waals surface area (Å²) in [5, 5.41) is 16.1. The highest BCUT2D eigenvalue weighted by atomic mass is 35.5. The van der Waals surface area contributed by atoms with E-state index in [2.05, 4.69) is 20.6 Å². The van der Waals surface area contributed by atoms with Crippen molar-refractivity contribution >= 4 is 35.0 Å². The third-order valence-corrected chi connectivity index (χ3v) is 6.81. The van der Waals surface area contributed by atoms with Crippen LogP contribution >= 0.6 is 11.6 Å². The number of nitrogens with zero attached hydrogens (tertiary/aromatic N) is 2. The minimum atomic E-state index is -0.989. The largest absolute Gasteiger partial charge is 0.493 e. The summed E-state index contributed by atoms with van der Waals surface area (Å²) in [6.07, 6.45) is 2.42. The van der Waals surface area contributed by atoms with Crippen molar-refractivity contribution in [1.29, 1.82) is 0 Å². The number of carboxylic acid groups (broad SMARTS) is 1. The lowest BCUT2D eigenvalue weighted by Gasteiger charge is -2.30. The van der Waals surface area contributed by atoms with Crippen molar-refractivity contribution in [2.24, 2.45) is 0 Å². The van der Waals surface area contributed by atoms with E-state index in [-0.39, 0.29) is 25.1 Å². The molecule has 1 aromatic carbocycles. The topological polar surface area (TPSA) is 138 Å². The quantitative estimate of drug-likeness (QED) is 0.353. The Hall–Kier alpha value is -3.96.